The fourth-order valence-corrected chi connectivity index (χ4v) is 2.28. The Bertz CT molecular complexity index is 738. The molecule has 1 aliphatic heterocycles. The van der Waals surface area contributed by atoms with Crippen LogP contribution in [0.3, 0.4) is 0 Å². The Hall–Kier alpha value is -2.66. The zero-order valence-corrected chi connectivity index (χ0v) is 11.4. The first kappa shape index (κ1) is 13.3. The highest BCUT2D eigenvalue weighted by Crippen LogP contribution is 2.21. The van der Waals surface area contributed by atoms with E-state index in [1.165, 1.54) is 6.07 Å². The van der Waals surface area contributed by atoms with Crippen molar-refractivity contribution in [3.8, 4) is 0 Å². The number of imide groups is 1. The zero-order chi connectivity index (χ0) is 15.0. The lowest BCUT2D eigenvalue weighted by Gasteiger charge is -2.15. The van der Waals surface area contributed by atoms with Gasteiger partial charge in [0.1, 0.15) is 0 Å². The van der Waals surface area contributed by atoms with E-state index in [2.05, 4.69) is 5.43 Å². The van der Waals surface area contributed by atoms with Crippen molar-refractivity contribution >= 4 is 29.3 Å². The number of hydrogen-bond donors (Lipinski definition) is 1. The normalized spacial score (nSPS) is 13.3. The molecule has 2 aromatic rings. The third-order valence-electron chi connectivity index (χ3n) is 3.09. The summed E-state index contributed by atoms with van der Waals surface area (Å²) < 4.78 is 0. The average Bonchev–Trinajstić information content (AvgIpc) is 2.73. The van der Waals surface area contributed by atoms with E-state index in [1.54, 1.807) is 42.5 Å². The summed E-state index contributed by atoms with van der Waals surface area (Å²) in [6, 6.07) is 12.6. The summed E-state index contributed by atoms with van der Waals surface area (Å²) >= 11 is 5.81. The Morgan fingerprint density at radius 2 is 1.57 bits per heavy atom. The highest BCUT2D eigenvalue weighted by molar-refractivity contribution is 6.31. The number of benzene rings is 2. The molecule has 5 nitrogen and oxygen atoms in total. The lowest BCUT2D eigenvalue weighted by atomic mass is 10.1. The van der Waals surface area contributed by atoms with E-state index in [0.717, 1.165) is 0 Å². The molecule has 0 radical (unpaired) electrons. The van der Waals surface area contributed by atoms with Gasteiger partial charge in [0.2, 0.25) is 0 Å². The molecule has 0 unspecified atom stereocenters. The Labute approximate surface area is 125 Å². The lowest BCUT2D eigenvalue weighted by molar-refractivity contribution is 0.0518. The van der Waals surface area contributed by atoms with Crippen LogP contribution in [-0.4, -0.2) is 22.7 Å². The first-order valence-electron chi connectivity index (χ1n) is 6.12. The number of rotatable bonds is 2. The minimum atomic E-state index is -0.577. The molecule has 0 spiro atoms. The van der Waals surface area contributed by atoms with E-state index in [0.29, 0.717) is 10.0 Å². The first-order valence-corrected chi connectivity index (χ1v) is 6.50. The van der Waals surface area contributed by atoms with Crippen molar-refractivity contribution < 1.29 is 14.4 Å². The topological polar surface area (TPSA) is 66.5 Å². The number of hydrogen-bond acceptors (Lipinski definition) is 3. The molecule has 21 heavy (non-hydrogen) atoms. The summed E-state index contributed by atoms with van der Waals surface area (Å²) in [6.45, 7) is 0. The smallest absolute Gasteiger partial charge is 0.267 e. The highest BCUT2D eigenvalue weighted by Gasteiger charge is 2.36. The Morgan fingerprint density at radius 1 is 0.952 bits per heavy atom. The van der Waals surface area contributed by atoms with Gasteiger partial charge in [-0.3, -0.25) is 19.8 Å². The number of amides is 3. The van der Waals surface area contributed by atoms with Gasteiger partial charge in [-0.2, -0.15) is 5.01 Å². The number of nitrogens with one attached hydrogen (secondary N) is 1. The minimum Gasteiger partial charge on any atom is -0.267 e. The van der Waals surface area contributed by atoms with Gasteiger partial charge in [0.25, 0.3) is 17.7 Å². The maximum Gasteiger partial charge on any atom is 0.280 e. The van der Waals surface area contributed by atoms with Crippen LogP contribution in [0.5, 0.6) is 0 Å². The van der Waals surface area contributed by atoms with Crippen molar-refractivity contribution in [1.82, 2.24) is 10.4 Å². The van der Waals surface area contributed by atoms with Gasteiger partial charge in [-0.05, 0) is 30.3 Å². The molecule has 0 aromatic heterocycles. The molecule has 1 heterocycles. The van der Waals surface area contributed by atoms with Gasteiger partial charge in [-0.15, -0.1) is 0 Å². The van der Waals surface area contributed by atoms with Crippen LogP contribution >= 0.6 is 11.6 Å². The van der Waals surface area contributed by atoms with Gasteiger partial charge in [-0.25, -0.2) is 0 Å². The summed E-state index contributed by atoms with van der Waals surface area (Å²) in [5.74, 6) is -1.68. The van der Waals surface area contributed by atoms with E-state index in [9.17, 15) is 14.4 Å². The predicted molar refractivity (Wildman–Crippen MR) is 75.9 cm³/mol. The van der Waals surface area contributed by atoms with E-state index in [-0.39, 0.29) is 16.7 Å². The molecular weight excluding hydrogens is 292 g/mol. The number of nitrogens with zero attached hydrogens (tertiary/aromatic N) is 1. The van der Waals surface area contributed by atoms with Crippen LogP contribution in [0.2, 0.25) is 5.02 Å². The molecule has 1 aliphatic rings. The summed E-state index contributed by atoms with van der Waals surface area (Å²) in [6.07, 6.45) is 0. The number of halogens is 1. The first-order chi connectivity index (χ1) is 10.1. The van der Waals surface area contributed by atoms with Gasteiger partial charge < -0.3 is 0 Å². The van der Waals surface area contributed by atoms with Crippen molar-refractivity contribution in [1.29, 1.82) is 0 Å². The molecule has 3 rings (SSSR count). The lowest BCUT2D eigenvalue weighted by Crippen LogP contribution is -2.45. The maximum atomic E-state index is 12.1. The molecule has 0 bridgehead atoms. The molecule has 2 aromatic carbocycles. The molecule has 104 valence electrons. The van der Waals surface area contributed by atoms with Crippen molar-refractivity contribution in [2.75, 3.05) is 0 Å². The van der Waals surface area contributed by atoms with Gasteiger partial charge in [0.15, 0.2) is 0 Å². The molecule has 0 aliphatic carbocycles. The van der Waals surface area contributed by atoms with Crippen LogP contribution in [0.15, 0.2) is 48.5 Å². The van der Waals surface area contributed by atoms with E-state index in [1.807, 2.05) is 0 Å². The van der Waals surface area contributed by atoms with E-state index < -0.39 is 17.7 Å². The summed E-state index contributed by atoms with van der Waals surface area (Å²) in [7, 11) is 0. The Balaban J connectivity index is 1.85. The third kappa shape index (κ3) is 2.28. The average molecular weight is 301 g/mol. The van der Waals surface area contributed by atoms with Crippen LogP contribution < -0.4 is 5.43 Å². The van der Waals surface area contributed by atoms with Gasteiger partial charge in [0.05, 0.1) is 11.1 Å². The third-order valence-corrected chi connectivity index (χ3v) is 3.33. The largest absolute Gasteiger partial charge is 0.280 e. The maximum absolute atomic E-state index is 12.1. The van der Waals surface area contributed by atoms with E-state index in [4.69, 9.17) is 11.6 Å². The zero-order valence-electron chi connectivity index (χ0n) is 10.7. The molecule has 0 atom stereocenters. The van der Waals surface area contributed by atoms with Gasteiger partial charge in [0, 0.05) is 10.6 Å². The standard InChI is InChI=1S/C15H9ClN2O3/c16-10-5-3-4-9(8-10)13(19)17-18-14(20)11-6-1-2-7-12(11)15(18)21/h1-8H,(H,17,19). The monoisotopic (exact) mass is 300 g/mol. The quantitative estimate of drug-likeness (QED) is 0.865. The fraction of sp³-hybridized carbons (Fsp3) is 0. The van der Waals surface area contributed by atoms with Crippen LogP contribution in [0.4, 0.5) is 0 Å². The van der Waals surface area contributed by atoms with Crippen LogP contribution in [0, 0.1) is 0 Å². The summed E-state index contributed by atoms with van der Waals surface area (Å²) in [4.78, 5) is 36.3. The molecule has 3 amide bonds. The van der Waals surface area contributed by atoms with Crippen LogP contribution in [-0.2, 0) is 0 Å². The molecule has 0 saturated heterocycles. The number of carbonyl (C=O) groups excluding carboxylic acids is 3. The number of fused-ring (bicyclic) bond motifs is 1. The molecule has 0 fully saturated rings. The second-order valence-corrected chi connectivity index (χ2v) is 4.88. The minimum absolute atomic E-state index is 0.263. The van der Waals surface area contributed by atoms with Gasteiger partial charge in [-0.1, -0.05) is 29.8 Å². The molecule has 1 N–H and O–H groups in total. The molecule has 6 heteroatoms. The van der Waals surface area contributed by atoms with Crippen LogP contribution in [0.1, 0.15) is 31.1 Å². The fourth-order valence-electron chi connectivity index (χ4n) is 2.09. The van der Waals surface area contributed by atoms with Crippen molar-refractivity contribution in [2.24, 2.45) is 0 Å². The van der Waals surface area contributed by atoms with Crippen molar-refractivity contribution in [3.05, 3.63) is 70.2 Å². The van der Waals surface area contributed by atoms with Crippen LogP contribution in [0.25, 0.3) is 0 Å². The summed E-state index contributed by atoms with van der Waals surface area (Å²) in [5, 5.41) is 1.11. The molecule has 0 saturated carbocycles. The number of carbonyl (C=O) groups is 3. The SMILES string of the molecule is O=C(NN1C(=O)c2ccccc2C1=O)c1cccc(Cl)c1. The van der Waals surface area contributed by atoms with Crippen molar-refractivity contribution in [3.63, 3.8) is 0 Å². The van der Waals surface area contributed by atoms with Gasteiger partial charge >= 0.3 is 0 Å². The highest BCUT2D eigenvalue weighted by atomic mass is 35.5. The summed E-state index contributed by atoms with van der Waals surface area (Å²) in [5.41, 5.74) is 3.11. The predicted octanol–water partition coefficient (Wildman–Crippen LogP) is 2.28. The second-order valence-electron chi connectivity index (χ2n) is 4.44. The van der Waals surface area contributed by atoms with E-state index >= 15 is 0 Å². The Kier molecular flexibility index (Phi) is 3.19. The number of hydrazine groups is 1. The Morgan fingerprint density at radius 3 is 2.14 bits per heavy atom. The second kappa shape index (κ2) is 5.03. The van der Waals surface area contributed by atoms with Crippen molar-refractivity contribution in [2.45, 2.75) is 0 Å². The molecular formula is C15H9ClN2O3.